The van der Waals surface area contributed by atoms with Gasteiger partial charge in [-0.2, -0.15) is 0 Å². The van der Waals surface area contributed by atoms with E-state index in [0.717, 1.165) is 23.5 Å². The maximum atomic E-state index is 6.02. The third kappa shape index (κ3) is 1.55. The summed E-state index contributed by atoms with van der Waals surface area (Å²) in [6, 6.07) is 5.86. The van der Waals surface area contributed by atoms with Gasteiger partial charge in [-0.05, 0) is 19.1 Å². The molecule has 1 aromatic rings. The van der Waals surface area contributed by atoms with Crippen LogP contribution in [-0.2, 0) is 0 Å². The molecule has 0 saturated carbocycles. The highest BCUT2D eigenvalue weighted by Crippen LogP contribution is 2.37. The fourth-order valence-electron chi connectivity index (χ4n) is 1.74. The molecule has 76 valence electrons. The largest absolute Gasteiger partial charge is 0.493 e. The number of benzene rings is 1. The van der Waals surface area contributed by atoms with Crippen molar-refractivity contribution in [2.45, 2.75) is 19.4 Å². The minimum atomic E-state index is 0.0431. The fourth-order valence-corrected chi connectivity index (χ4v) is 1.74. The molecule has 2 N–H and O–H groups in total. The van der Waals surface area contributed by atoms with Crippen LogP contribution in [0.1, 0.15) is 24.9 Å². The highest BCUT2D eigenvalue weighted by atomic mass is 16.5. The highest BCUT2D eigenvalue weighted by molar-refractivity contribution is 5.47. The molecule has 3 heteroatoms. The lowest BCUT2D eigenvalue weighted by Gasteiger charge is -2.24. The van der Waals surface area contributed by atoms with Gasteiger partial charge in [0.2, 0.25) is 0 Å². The number of hydrogen-bond acceptors (Lipinski definition) is 3. The first-order chi connectivity index (χ1) is 6.83. The van der Waals surface area contributed by atoms with Gasteiger partial charge in [-0.25, -0.2) is 0 Å². The summed E-state index contributed by atoms with van der Waals surface area (Å²) >= 11 is 0. The Balaban J connectivity index is 2.41. The summed E-state index contributed by atoms with van der Waals surface area (Å²) in [7, 11) is 0. The Bertz CT molecular complexity index is 325. The van der Waals surface area contributed by atoms with Crippen molar-refractivity contribution >= 4 is 0 Å². The summed E-state index contributed by atoms with van der Waals surface area (Å²) in [6.45, 7) is 3.32. The zero-order valence-corrected chi connectivity index (χ0v) is 8.32. The normalized spacial score (nSPS) is 19.7. The van der Waals surface area contributed by atoms with Gasteiger partial charge in [0.25, 0.3) is 0 Å². The summed E-state index contributed by atoms with van der Waals surface area (Å²) in [5.41, 5.74) is 7.03. The molecule has 1 heterocycles. The Morgan fingerprint density at radius 2 is 2.43 bits per heavy atom. The SMILES string of the molecule is CCOc1cccc2c1[C@@H](N)CCO2. The first-order valence-electron chi connectivity index (χ1n) is 4.97. The molecular formula is C11H15NO2. The average Bonchev–Trinajstić information content (AvgIpc) is 2.19. The monoisotopic (exact) mass is 193 g/mol. The van der Waals surface area contributed by atoms with E-state index in [-0.39, 0.29) is 6.04 Å². The standard InChI is InChI=1S/C11H15NO2/c1-2-13-9-4-3-5-10-11(9)8(12)6-7-14-10/h3-5,8H,2,6-7,12H2,1H3/t8-/m0/s1. The summed E-state index contributed by atoms with van der Waals surface area (Å²) in [5, 5.41) is 0. The molecule has 2 rings (SSSR count). The number of fused-ring (bicyclic) bond motifs is 1. The van der Waals surface area contributed by atoms with Crippen molar-refractivity contribution in [2.24, 2.45) is 5.73 Å². The molecule has 0 bridgehead atoms. The van der Waals surface area contributed by atoms with E-state index >= 15 is 0 Å². The third-order valence-electron chi connectivity index (χ3n) is 2.38. The predicted molar refractivity (Wildman–Crippen MR) is 54.7 cm³/mol. The van der Waals surface area contributed by atoms with Crippen LogP contribution in [0.15, 0.2) is 18.2 Å². The molecular weight excluding hydrogens is 178 g/mol. The number of rotatable bonds is 2. The lowest BCUT2D eigenvalue weighted by Crippen LogP contribution is -2.21. The van der Waals surface area contributed by atoms with Gasteiger partial charge in [-0.3, -0.25) is 0 Å². The van der Waals surface area contributed by atoms with Gasteiger partial charge in [0.15, 0.2) is 0 Å². The summed E-state index contributed by atoms with van der Waals surface area (Å²) in [4.78, 5) is 0. The molecule has 0 aromatic heterocycles. The van der Waals surface area contributed by atoms with E-state index in [1.165, 1.54) is 0 Å². The molecule has 0 radical (unpaired) electrons. The lowest BCUT2D eigenvalue weighted by molar-refractivity contribution is 0.257. The van der Waals surface area contributed by atoms with E-state index in [1.807, 2.05) is 25.1 Å². The molecule has 0 saturated heterocycles. The Labute approximate surface area is 83.8 Å². The molecule has 0 fully saturated rings. The van der Waals surface area contributed by atoms with Crippen LogP contribution in [0.25, 0.3) is 0 Å². The second-order valence-electron chi connectivity index (χ2n) is 3.34. The summed E-state index contributed by atoms with van der Waals surface area (Å²) in [5.74, 6) is 1.73. The zero-order chi connectivity index (χ0) is 9.97. The topological polar surface area (TPSA) is 44.5 Å². The second kappa shape index (κ2) is 3.88. The van der Waals surface area contributed by atoms with Gasteiger partial charge in [0, 0.05) is 12.5 Å². The number of nitrogens with two attached hydrogens (primary N) is 1. The van der Waals surface area contributed by atoms with E-state index < -0.39 is 0 Å². The minimum Gasteiger partial charge on any atom is -0.493 e. The minimum absolute atomic E-state index is 0.0431. The smallest absolute Gasteiger partial charge is 0.127 e. The van der Waals surface area contributed by atoms with Crippen molar-refractivity contribution in [1.82, 2.24) is 0 Å². The first-order valence-corrected chi connectivity index (χ1v) is 4.97. The molecule has 14 heavy (non-hydrogen) atoms. The Kier molecular flexibility index (Phi) is 2.59. The Morgan fingerprint density at radius 1 is 1.57 bits per heavy atom. The molecule has 1 aromatic carbocycles. The molecule has 0 unspecified atom stereocenters. The van der Waals surface area contributed by atoms with E-state index in [2.05, 4.69) is 0 Å². The Hall–Kier alpha value is -1.22. The van der Waals surface area contributed by atoms with Crippen molar-refractivity contribution in [2.75, 3.05) is 13.2 Å². The molecule has 1 aliphatic rings. The number of ether oxygens (including phenoxy) is 2. The van der Waals surface area contributed by atoms with E-state index in [1.54, 1.807) is 0 Å². The summed E-state index contributed by atoms with van der Waals surface area (Å²) < 4.78 is 11.0. The molecule has 3 nitrogen and oxygen atoms in total. The Morgan fingerprint density at radius 3 is 3.21 bits per heavy atom. The van der Waals surface area contributed by atoms with Crippen LogP contribution < -0.4 is 15.2 Å². The lowest BCUT2D eigenvalue weighted by atomic mass is 10.0. The van der Waals surface area contributed by atoms with Gasteiger partial charge in [0.1, 0.15) is 11.5 Å². The van der Waals surface area contributed by atoms with Gasteiger partial charge in [-0.15, -0.1) is 0 Å². The highest BCUT2D eigenvalue weighted by Gasteiger charge is 2.21. The van der Waals surface area contributed by atoms with Crippen LogP contribution in [0, 0.1) is 0 Å². The maximum absolute atomic E-state index is 6.02. The molecule has 0 amide bonds. The van der Waals surface area contributed by atoms with Crippen molar-refractivity contribution in [3.8, 4) is 11.5 Å². The predicted octanol–water partition coefficient (Wildman–Crippen LogP) is 1.87. The second-order valence-corrected chi connectivity index (χ2v) is 3.34. The third-order valence-corrected chi connectivity index (χ3v) is 2.38. The van der Waals surface area contributed by atoms with Crippen LogP contribution in [-0.4, -0.2) is 13.2 Å². The van der Waals surface area contributed by atoms with Crippen LogP contribution in [0.3, 0.4) is 0 Å². The van der Waals surface area contributed by atoms with Gasteiger partial charge in [0.05, 0.1) is 18.8 Å². The van der Waals surface area contributed by atoms with E-state index in [0.29, 0.717) is 13.2 Å². The average molecular weight is 193 g/mol. The van der Waals surface area contributed by atoms with Crippen molar-refractivity contribution in [3.63, 3.8) is 0 Å². The van der Waals surface area contributed by atoms with Crippen LogP contribution in [0.5, 0.6) is 11.5 Å². The summed E-state index contributed by atoms with van der Waals surface area (Å²) in [6.07, 6.45) is 0.858. The quantitative estimate of drug-likeness (QED) is 0.779. The molecule has 1 atom stereocenters. The van der Waals surface area contributed by atoms with Gasteiger partial charge >= 0.3 is 0 Å². The van der Waals surface area contributed by atoms with Crippen molar-refractivity contribution in [3.05, 3.63) is 23.8 Å². The van der Waals surface area contributed by atoms with Crippen molar-refractivity contribution in [1.29, 1.82) is 0 Å². The fraction of sp³-hybridized carbons (Fsp3) is 0.455. The maximum Gasteiger partial charge on any atom is 0.127 e. The van der Waals surface area contributed by atoms with Gasteiger partial charge in [-0.1, -0.05) is 6.07 Å². The van der Waals surface area contributed by atoms with E-state index in [9.17, 15) is 0 Å². The first kappa shape index (κ1) is 9.34. The van der Waals surface area contributed by atoms with E-state index in [4.69, 9.17) is 15.2 Å². The van der Waals surface area contributed by atoms with Crippen molar-refractivity contribution < 1.29 is 9.47 Å². The van der Waals surface area contributed by atoms with Crippen LogP contribution >= 0.6 is 0 Å². The van der Waals surface area contributed by atoms with Crippen LogP contribution in [0.2, 0.25) is 0 Å². The zero-order valence-electron chi connectivity index (χ0n) is 8.32. The molecule has 0 aliphatic carbocycles. The van der Waals surface area contributed by atoms with Gasteiger partial charge < -0.3 is 15.2 Å². The van der Waals surface area contributed by atoms with Crippen LogP contribution in [0.4, 0.5) is 0 Å². The molecule has 0 spiro atoms. The molecule has 1 aliphatic heterocycles. The number of hydrogen-bond donors (Lipinski definition) is 1.